The van der Waals surface area contributed by atoms with Gasteiger partial charge in [0.25, 0.3) is 0 Å². The third-order valence-electron chi connectivity index (χ3n) is 3.72. The predicted molar refractivity (Wildman–Crippen MR) is 80.3 cm³/mol. The highest BCUT2D eigenvalue weighted by atomic mass is 19.4. The number of alkyl halides is 3. The van der Waals surface area contributed by atoms with Gasteiger partial charge in [0.05, 0.1) is 5.56 Å². The fraction of sp³-hybridized carbons (Fsp3) is 0.118. The summed E-state index contributed by atoms with van der Waals surface area (Å²) >= 11 is 0. The molecule has 3 rings (SSSR count). The van der Waals surface area contributed by atoms with Gasteiger partial charge in [0, 0.05) is 35.4 Å². The first-order chi connectivity index (χ1) is 10.9. The smallest absolute Gasteiger partial charge is 0.343 e. The molecule has 0 saturated heterocycles. The van der Waals surface area contributed by atoms with Crippen molar-refractivity contribution in [2.24, 2.45) is 0 Å². The molecule has 0 radical (unpaired) electrons. The van der Waals surface area contributed by atoms with Crippen LogP contribution in [0, 0.1) is 11.2 Å². The van der Waals surface area contributed by atoms with E-state index >= 15 is 0 Å². The van der Waals surface area contributed by atoms with E-state index in [4.69, 9.17) is 5.41 Å². The van der Waals surface area contributed by atoms with Crippen LogP contribution >= 0.6 is 0 Å². The van der Waals surface area contributed by atoms with Crippen molar-refractivity contribution in [2.75, 3.05) is 0 Å². The van der Waals surface area contributed by atoms with E-state index in [0.717, 1.165) is 23.0 Å². The van der Waals surface area contributed by atoms with Crippen LogP contribution in [0.15, 0.2) is 48.7 Å². The Morgan fingerprint density at radius 1 is 1.09 bits per heavy atom. The molecule has 0 saturated carbocycles. The SMILES string of the molecule is N=Cc1cccc2c1ccn2Cc1ccc(F)cc1C(F)(F)F. The normalized spacial score (nSPS) is 11.8. The van der Waals surface area contributed by atoms with Gasteiger partial charge < -0.3 is 9.98 Å². The number of fused-ring (bicyclic) bond motifs is 1. The molecule has 2 aromatic carbocycles. The Morgan fingerprint density at radius 2 is 1.87 bits per heavy atom. The maximum absolute atomic E-state index is 13.2. The van der Waals surface area contributed by atoms with Crippen molar-refractivity contribution in [1.82, 2.24) is 4.57 Å². The van der Waals surface area contributed by atoms with Crippen LogP contribution in [0.25, 0.3) is 10.9 Å². The number of benzene rings is 2. The van der Waals surface area contributed by atoms with E-state index in [9.17, 15) is 17.6 Å². The molecule has 0 amide bonds. The summed E-state index contributed by atoms with van der Waals surface area (Å²) in [6.07, 6.45) is -1.74. The maximum atomic E-state index is 13.2. The van der Waals surface area contributed by atoms with Gasteiger partial charge in [-0.25, -0.2) is 4.39 Å². The third kappa shape index (κ3) is 2.84. The fourth-order valence-electron chi connectivity index (χ4n) is 2.64. The highest BCUT2D eigenvalue weighted by molar-refractivity contribution is 5.97. The third-order valence-corrected chi connectivity index (χ3v) is 3.72. The Hall–Kier alpha value is -2.63. The topological polar surface area (TPSA) is 28.8 Å². The van der Waals surface area contributed by atoms with E-state index in [2.05, 4.69) is 0 Å². The Kier molecular flexibility index (Phi) is 3.67. The monoisotopic (exact) mass is 320 g/mol. The Bertz CT molecular complexity index is 878. The number of hydrogen-bond acceptors (Lipinski definition) is 1. The van der Waals surface area contributed by atoms with Crippen molar-refractivity contribution in [3.63, 3.8) is 0 Å². The Morgan fingerprint density at radius 3 is 2.57 bits per heavy atom. The Balaban J connectivity index is 2.08. The molecule has 118 valence electrons. The molecule has 0 aliphatic heterocycles. The summed E-state index contributed by atoms with van der Waals surface area (Å²) in [6, 6.07) is 9.74. The summed E-state index contributed by atoms with van der Waals surface area (Å²) in [6.45, 7) is -0.0277. The van der Waals surface area contributed by atoms with Crippen LogP contribution in [0.1, 0.15) is 16.7 Å². The molecular formula is C17H12F4N2. The van der Waals surface area contributed by atoms with Gasteiger partial charge in [0.15, 0.2) is 0 Å². The molecule has 0 atom stereocenters. The van der Waals surface area contributed by atoms with E-state index in [1.54, 1.807) is 35.0 Å². The van der Waals surface area contributed by atoms with Gasteiger partial charge in [0.2, 0.25) is 0 Å². The van der Waals surface area contributed by atoms with Gasteiger partial charge in [-0.05, 0) is 29.8 Å². The van der Waals surface area contributed by atoms with Crippen molar-refractivity contribution < 1.29 is 17.6 Å². The number of rotatable bonds is 3. The van der Waals surface area contributed by atoms with Crippen molar-refractivity contribution >= 4 is 17.1 Å². The number of halogens is 4. The lowest BCUT2D eigenvalue weighted by Crippen LogP contribution is -2.12. The van der Waals surface area contributed by atoms with Gasteiger partial charge >= 0.3 is 6.18 Å². The van der Waals surface area contributed by atoms with E-state index in [0.29, 0.717) is 11.6 Å². The first kappa shape index (κ1) is 15.3. The van der Waals surface area contributed by atoms with Crippen molar-refractivity contribution in [1.29, 1.82) is 5.41 Å². The molecule has 23 heavy (non-hydrogen) atoms. The van der Waals surface area contributed by atoms with Crippen LogP contribution in [0.3, 0.4) is 0 Å². The fourth-order valence-corrected chi connectivity index (χ4v) is 2.64. The lowest BCUT2D eigenvalue weighted by atomic mass is 10.1. The van der Waals surface area contributed by atoms with E-state index in [1.807, 2.05) is 0 Å². The molecule has 1 aromatic heterocycles. The van der Waals surface area contributed by atoms with Gasteiger partial charge in [-0.15, -0.1) is 0 Å². The number of nitrogens with one attached hydrogen (secondary N) is 1. The lowest BCUT2D eigenvalue weighted by Gasteiger charge is -2.14. The molecule has 1 heterocycles. The van der Waals surface area contributed by atoms with E-state index < -0.39 is 17.6 Å². The molecular weight excluding hydrogens is 308 g/mol. The van der Waals surface area contributed by atoms with Crippen molar-refractivity contribution in [3.05, 3.63) is 71.2 Å². The summed E-state index contributed by atoms with van der Waals surface area (Å²) in [5.41, 5.74) is 0.444. The minimum absolute atomic E-state index is 0.00310. The van der Waals surface area contributed by atoms with Crippen LogP contribution < -0.4 is 0 Å². The van der Waals surface area contributed by atoms with Gasteiger partial charge in [0.1, 0.15) is 5.82 Å². The number of hydrogen-bond donors (Lipinski definition) is 1. The Labute approximate surface area is 129 Å². The lowest BCUT2D eigenvalue weighted by molar-refractivity contribution is -0.138. The molecule has 0 fully saturated rings. The molecule has 3 aromatic rings. The van der Waals surface area contributed by atoms with Gasteiger partial charge in [-0.3, -0.25) is 0 Å². The summed E-state index contributed by atoms with van der Waals surface area (Å²) in [4.78, 5) is 0. The molecule has 1 N–H and O–H groups in total. The quantitative estimate of drug-likeness (QED) is 0.528. The zero-order valence-electron chi connectivity index (χ0n) is 11.9. The zero-order valence-corrected chi connectivity index (χ0v) is 11.9. The second-order valence-corrected chi connectivity index (χ2v) is 5.17. The summed E-state index contributed by atoms with van der Waals surface area (Å²) in [7, 11) is 0. The standard InChI is InChI=1S/C17H12F4N2/c18-13-5-4-12(15(8-13)17(19,20)21)10-23-7-6-14-11(9-22)2-1-3-16(14)23/h1-9,22H,10H2. The summed E-state index contributed by atoms with van der Waals surface area (Å²) in [5.74, 6) is -0.912. The summed E-state index contributed by atoms with van der Waals surface area (Å²) < 4.78 is 54.1. The minimum atomic E-state index is -4.61. The van der Waals surface area contributed by atoms with Crippen molar-refractivity contribution in [2.45, 2.75) is 12.7 Å². The van der Waals surface area contributed by atoms with E-state index in [1.165, 1.54) is 6.21 Å². The average molecular weight is 320 g/mol. The predicted octanol–water partition coefficient (Wildman–Crippen LogP) is 4.85. The minimum Gasteiger partial charge on any atom is -0.343 e. The van der Waals surface area contributed by atoms with Crippen LogP contribution in [0.5, 0.6) is 0 Å². The molecule has 0 aliphatic rings. The second kappa shape index (κ2) is 5.53. The van der Waals surface area contributed by atoms with E-state index in [-0.39, 0.29) is 12.1 Å². The first-order valence-electron chi connectivity index (χ1n) is 6.84. The second-order valence-electron chi connectivity index (χ2n) is 5.17. The average Bonchev–Trinajstić information content (AvgIpc) is 2.91. The van der Waals surface area contributed by atoms with Crippen molar-refractivity contribution in [3.8, 4) is 0 Å². The van der Waals surface area contributed by atoms with Crippen LogP contribution in [-0.4, -0.2) is 10.8 Å². The molecule has 0 aliphatic carbocycles. The number of nitrogens with zero attached hydrogens (tertiary/aromatic N) is 1. The zero-order chi connectivity index (χ0) is 16.6. The first-order valence-corrected chi connectivity index (χ1v) is 6.84. The van der Waals surface area contributed by atoms with Gasteiger partial charge in [-0.2, -0.15) is 13.2 Å². The van der Waals surface area contributed by atoms with Crippen LogP contribution in [0.2, 0.25) is 0 Å². The molecule has 0 spiro atoms. The maximum Gasteiger partial charge on any atom is 0.416 e. The highest BCUT2D eigenvalue weighted by Crippen LogP contribution is 2.33. The van der Waals surface area contributed by atoms with Crippen LogP contribution in [-0.2, 0) is 12.7 Å². The molecule has 0 bridgehead atoms. The van der Waals surface area contributed by atoms with Gasteiger partial charge in [-0.1, -0.05) is 18.2 Å². The molecule has 2 nitrogen and oxygen atoms in total. The summed E-state index contributed by atoms with van der Waals surface area (Å²) in [5, 5.41) is 8.16. The molecule has 0 unspecified atom stereocenters. The molecule has 6 heteroatoms. The van der Waals surface area contributed by atoms with Crippen LogP contribution in [0.4, 0.5) is 17.6 Å². The highest BCUT2D eigenvalue weighted by Gasteiger charge is 2.33. The number of aromatic nitrogens is 1. The largest absolute Gasteiger partial charge is 0.416 e.